The quantitative estimate of drug-likeness (QED) is 0.0169. The van der Waals surface area contributed by atoms with E-state index in [0.717, 1.165) is 20.7 Å². The third-order valence-corrected chi connectivity index (χ3v) is 46.8. The number of ether oxygens (including phenoxy) is 3. The van der Waals surface area contributed by atoms with E-state index in [4.69, 9.17) is 28.2 Å². The Kier molecular flexibility index (Phi) is 36.2. The largest absolute Gasteiger partial charge is 0.479 e. The molecule has 29 nitrogen and oxygen atoms in total. The Morgan fingerprint density at radius 1 is 0.479 bits per heavy atom. The van der Waals surface area contributed by atoms with Gasteiger partial charge in [0.1, 0.15) is 55.1 Å². The van der Waals surface area contributed by atoms with Crippen molar-refractivity contribution in [2.24, 2.45) is 5.14 Å². The highest BCUT2D eigenvalue weighted by Gasteiger charge is 2.54. The fourth-order valence-electron chi connectivity index (χ4n) is 14.3. The summed E-state index contributed by atoms with van der Waals surface area (Å²) in [6.45, 7) is 27.3. The number of rotatable bonds is 36. The van der Waals surface area contributed by atoms with Crippen LogP contribution in [0, 0.1) is 0 Å². The van der Waals surface area contributed by atoms with E-state index >= 15 is 0 Å². The van der Waals surface area contributed by atoms with E-state index < -0.39 is 129 Å². The van der Waals surface area contributed by atoms with Crippen molar-refractivity contribution in [2.45, 2.75) is 174 Å². The Morgan fingerprint density at radius 2 is 0.748 bits per heavy atom. The summed E-state index contributed by atoms with van der Waals surface area (Å²) >= 11 is 2.07. The van der Waals surface area contributed by atoms with Gasteiger partial charge in [-0.1, -0.05) is 184 Å². The van der Waals surface area contributed by atoms with Crippen molar-refractivity contribution in [3.63, 3.8) is 0 Å². The molecule has 660 valence electrons. The second-order valence-electron chi connectivity index (χ2n) is 30.7. The second kappa shape index (κ2) is 42.9. The number of sulfone groups is 2. The van der Waals surface area contributed by atoms with Gasteiger partial charge in [-0.3, -0.25) is 9.59 Å². The third-order valence-electron chi connectivity index (χ3n) is 20.1. The third kappa shape index (κ3) is 24.1. The molecular weight excluding hydrogens is 1740 g/mol. The zero-order valence-electron chi connectivity index (χ0n) is 69.9. The molecule has 0 aliphatic carbocycles. The van der Waals surface area contributed by atoms with Crippen LogP contribution in [0.25, 0.3) is 0 Å². The number of aliphatic hydroxyl groups excluding tert-OH is 1. The number of thiophene rings is 3. The second-order valence-corrected chi connectivity index (χ2v) is 55.0. The van der Waals surface area contributed by atoms with E-state index in [9.17, 15) is 75.1 Å². The lowest BCUT2D eigenvalue weighted by Crippen LogP contribution is -2.68. The lowest BCUT2D eigenvalue weighted by atomic mass is 10.1. The number of primary sulfonamides is 1. The predicted molar refractivity (Wildman–Crippen MR) is 469 cm³/mol. The summed E-state index contributed by atoms with van der Waals surface area (Å²) in [4.78, 5) is 36.9. The lowest BCUT2D eigenvalue weighted by Gasteiger charge is -2.44. The van der Waals surface area contributed by atoms with Crippen molar-refractivity contribution in [3.05, 3.63) is 156 Å². The zero-order valence-corrected chi connectivity index (χ0v) is 79.3. The molecule has 10 rings (SSSR count). The summed E-state index contributed by atoms with van der Waals surface area (Å²) in [5.74, 6) is -4.01. The van der Waals surface area contributed by atoms with Crippen molar-refractivity contribution < 1.29 is 98.2 Å². The Hall–Kier alpha value is -5.60. The van der Waals surface area contributed by atoms with E-state index in [2.05, 4.69) is 81.8 Å². The number of nitrogens with one attached hydrogen (secondary N) is 3. The van der Waals surface area contributed by atoms with Gasteiger partial charge in [0.2, 0.25) is 10.0 Å². The number of Topliss-reactive ketones (excluding diaryl/α,β-unsaturated/α-hetero) is 2. The minimum Gasteiger partial charge on any atom is -0.479 e. The van der Waals surface area contributed by atoms with E-state index in [1.54, 1.807) is 28.1 Å². The van der Waals surface area contributed by atoms with Gasteiger partial charge in [-0.05, 0) is 109 Å². The van der Waals surface area contributed by atoms with Crippen LogP contribution < -0.4 is 41.8 Å². The maximum atomic E-state index is 13.7. The Labute approximate surface area is 717 Å². The summed E-state index contributed by atoms with van der Waals surface area (Å²) < 4.78 is 186. The summed E-state index contributed by atoms with van der Waals surface area (Å²) in [5, 5.41) is 37.0. The van der Waals surface area contributed by atoms with Crippen molar-refractivity contribution in [1.29, 1.82) is 0 Å². The number of nitrogens with zero attached hydrogens (tertiary/aromatic N) is 3. The molecule has 0 spiro atoms. The molecule has 0 bridgehead atoms. The first-order valence-corrected chi connectivity index (χ1v) is 54.3. The Morgan fingerprint density at radius 3 is 1.00 bits per heavy atom. The fourth-order valence-corrected chi connectivity index (χ4v) is 38.5. The first-order valence-electron chi connectivity index (χ1n) is 38.8. The van der Waals surface area contributed by atoms with Crippen LogP contribution >= 0.6 is 34.0 Å². The molecule has 6 heterocycles. The zero-order chi connectivity index (χ0) is 88.5. The molecule has 4 aromatic carbocycles. The number of carboxylic acid groups (broad SMARTS) is 1. The van der Waals surface area contributed by atoms with Gasteiger partial charge in [0.05, 0.1) is 0 Å². The molecule has 3 aliphatic rings. The van der Waals surface area contributed by atoms with Gasteiger partial charge in [0.15, 0.2) is 31.2 Å². The van der Waals surface area contributed by atoms with Crippen molar-refractivity contribution in [3.8, 4) is 0 Å². The van der Waals surface area contributed by atoms with Gasteiger partial charge in [0, 0.05) is 115 Å². The SMILES string of the molecule is CCN[C@H]1CN(CCCOC)S(=O)(=O)c2sc(S(=O)(=O)CC(=O)[C@H](C)O)cc21.CCN[C@H]1CN(CCCOC)S(=O)(=O)c2sc(S(=O)(=O)CC(=O)[C@H](C)O[Si](c3ccccc3)(c3ccccc3)C(C)(C)C)cc21.CCN[C@H]1CN(CCCOC)S(=O)(=O)c2sc(S(N)(=O)=O)cc21.C[C@H](O[Si](c1ccccc1)(c1ccccc1)C(C)(C)C)C(=O)O. The predicted octanol–water partition coefficient (Wildman–Crippen LogP) is 7.03. The topological polar surface area (TPSA) is 414 Å². The maximum absolute atomic E-state index is 13.7. The molecule has 0 unspecified atom stereocenters. The highest BCUT2D eigenvalue weighted by molar-refractivity contribution is 7.96. The highest BCUT2D eigenvalue weighted by atomic mass is 32.3. The number of sulfonamides is 4. The number of hydrogen-bond donors (Lipinski definition) is 6. The standard InChI is InChI=1S/C32H44N2O7S3Si.C19H24O3Si.C16H26N2O7S3.C12H21N3O5S3/c1-7-33-28-22-34(19-14-20-40-6)44(38,39)31-27(28)21-30(42-31)43(36,37)23-29(35)24(2)41-45(32(3,4)5,25-15-10-8-11-16-25)26-17-12-9-13-18-26;1-15(18(20)21)22-23(19(2,3)4,16-11-7-5-8-12-16)17-13-9-6-10-14-17;1-4-17-13-9-18(6-5-7-25-3)28(23,24)16-12(13)8-15(26-16)27(21,22)10-14(20)11(2)19;1-3-14-10-8-15(5-4-6-20-2)23(18,19)12-9(10)7-11(21-12)22(13,16)17/h8-13,15-18,21,24,28,33H,7,14,19-20,22-23H2,1-6H3;5-15H,1-4H3,(H,20,21);8,11,13,17,19H,4-7,9-10H2,1-3H3;7,10,14H,3-6,8H2,1-2H3,(H2,13,16,17)/t24-,28-;15-;11-,13-;10-/m0000/s1. The van der Waals surface area contributed by atoms with Crippen LogP contribution in [0.1, 0.15) is 137 Å². The van der Waals surface area contributed by atoms with Crippen molar-refractivity contribution in [1.82, 2.24) is 28.9 Å². The molecule has 0 saturated carbocycles. The molecule has 3 aromatic heterocycles. The maximum Gasteiger partial charge on any atom is 0.331 e. The number of aliphatic carboxylic acids is 1. The molecule has 119 heavy (non-hydrogen) atoms. The molecule has 7 aromatic rings. The highest BCUT2D eigenvalue weighted by Crippen LogP contribution is 2.45. The number of hydrogen-bond acceptors (Lipinski definition) is 27. The first-order chi connectivity index (χ1) is 55.7. The van der Waals surface area contributed by atoms with Crippen molar-refractivity contribution >= 4 is 149 Å². The molecule has 0 fully saturated rings. The van der Waals surface area contributed by atoms with Gasteiger partial charge in [-0.15, -0.1) is 34.0 Å². The molecule has 0 amide bonds. The average Bonchev–Trinajstić information content (AvgIpc) is 1.68. The first kappa shape index (κ1) is 100. The van der Waals surface area contributed by atoms with Crippen LogP contribution in [0.3, 0.4) is 0 Å². The van der Waals surface area contributed by atoms with Crippen LogP contribution in [0.4, 0.5) is 0 Å². The van der Waals surface area contributed by atoms with Gasteiger partial charge < -0.3 is 49.2 Å². The van der Waals surface area contributed by atoms with E-state index in [1.807, 2.05) is 118 Å². The average molecular weight is 1860 g/mol. The normalized spacial score (nSPS) is 18.4. The number of carbonyl (C=O) groups is 3. The lowest BCUT2D eigenvalue weighted by molar-refractivity contribution is -0.144. The number of carboxylic acids is 1. The molecule has 40 heteroatoms. The van der Waals surface area contributed by atoms with Crippen LogP contribution in [-0.4, -0.2) is 238 Å². The minimum absolute atomic E-state index is 0.000230. The molecule has 7 N–H and O–H groups in total. The summed E-state index contributed by atoms with van der Waals surface area (Å²) in [5.41, 5.74) is 1.30. The molecule has 6 atom stereocenters. The smallest absolute Gasteiger partial charge is 0.331 e. The number of nitrogens with two attached hydrogens (primary N) is 1. The number of aliphatic hydroxyl groups is 1. The van der Waals surface area contributed by atoms with Gasteiger partial charge in [-0.2, -0.15) is 12.9 Å². The van der Waals surface area contributed by atoms with Gasteiger partial charge in [-0.25, -0.2) is 60.4 Å². The van der Waals surface area contributed by atoms with Crippen LogP contribution in [0.2, 0.25) is 10.1 Å². The number of methoxy groups -OCH3 is 3. The summed E-state index contributed by atoms with van der Waals surface area (Å²) in [7, 11) is -24.8. The van der Waals surface area contributed by atoms with Crippen LogP contribution in [0.15, 0.2) is 165 Å². The van der Waals surface area contributed by atoms with E-state index in [1.165, 1.54) is 45.1 Å². The Balaban J connectivity index is 0.000000229. The van der Waals surface area contributed by atoms with Crippen LogP contribution in [-0.2, 0) is 97.2 Å². The number of carbonyl (C=O) groups excluding carboxylic acids is 2. The number of ketones is 2. The van der Waals surface area contributed by atoms with Gasteiger partial charge >= 0.3 is 5.97 Å². The summed E-state index contributed by atoms with van der Waals surface area (Å²) in [6, 6.07) is 42.9. The molecular formula is C79H115N7O22S9Si2. The number of likely N-dealkylation sites (N-methyl/N-ethyl adjacent to an activating group) is 3. The van der Waals surface area contributed by atoms with Gasteiger partial charge in [0.25, 0.3) is 46.7 Å². The van der Waals surface area contributed by atoms with Crippen LogP contribution in [0.5, 0.6) is 0 Å². The monoisotopic (exact) mass is 1860 g/mol. The molecule has 0 saturated heterocycles. The molecule has 0 radical (unpaired) electrons. The summed E-state index contributed by atoms with van der Waals surface area (Å²) in [6.07, 6.45) is -1.70. The Bertz CT molecular complexity index is 5170. The molecule has 3 aliphatic heterocycles. The van der Waals surface area contributed by atoms with E-state index in [0.29, 0.717) is 116 Å². The van der Waals surface area contributed by atoms with E-state index in [-0.39, 0.29) is 81.1 Å². The number of benzene rings is 4. The number of fused-ring (bicyclic) bond motifs is 3. The van der Waals surface area contributed by atoms with Crippen molar-refractivity contribution in [2.75, 3.05) is 112 Å². The fraction of sp³-hybridized carbons (Fsp3) is 0.506. The minimum atomic E-state index is -4.17.